The van der Waals surface area contributed by atoms with Crippen molar-refractivity contribution in [3.63, 3.8) is 0 Å². The highest BCUT2D eigenvalue weighted by Gasteiger charge is 2.16. The van der Waals surface area contributed by atoms with Gasteiger partial charge in [0.15, 0.2) is 0 Å². The quantitative estimate of drug-likeness (QED) is 0.659. The molecule has 0 saturated heterocycles. The molecular weight excluding hydrogens is 306 g/mol. The number of aliphatic hydroxyl groups is 1. The van der Waals surface area contributed by atoms with Crippen LogP contribution in [0.2, 0.25) is 0 Å². The van der Waals surface area contributed by atoms with Crippen molar-refractivity contribution < 1.29 is 9.52 Å². The van der Waals surface area contributed by atoms with Crippen molar-refractivity contribution in [1.82, 2.24) is 24.6 Å². The zero-order chi connectivity index (χ0) is 16.9. The fourth-order valence-corrected chi connectivity index (χ4v) is 2.82. The van der Waals surface area contributed by atoms with Crippen LogP contribution < -0.4 is 0 Å². The van der Waals surface area contributed by atoms with E-state index in [4.69, 9.17) is 4.42 Å². The van der Waals surface area contributed by atoms with Gasteiger partial charge < -0.3 is 14.5 Å². The summed E-state index contributed by atoms with van der Waals surface area (Å²) in [6.45, 7) is 6.14. The van der Waals surface area contributed by atoms with Crippen molar-refractivity contribution in [3.8, 4) is 0 Å². The largest absolute Gasteiger partial charge is 0.468 e. The van der Waals surface area contributed by atoms with E-state index < -0.39 is 6.10 Å². The van der Waals surface area contributed by atoms with E-state index in [1.54, 1.807) is 18.7 Å². The summed E-state index contributed by atoms with van der Waals surface area (Å²) in [6.07, 6.45) is 4.65. The van der Waals surface area contributed by atoms with Gasteiger partial charge in [-0.05, 0) is 32.0 Å². The number of aryl methyl sites for hydroxylation is 2. The molecule has 0 aromatic carbocycles. The second-order valence-electron chi connectivity index (χ2n) is 6.05. The van der Waals surface area contributed by atoms with Gasteiger partial charge in [0.05, 0.1) is 37.7 Å². The van der Waals surface area contributed by atoms with Gasteiger partial charge in [-0.25, -0.2) is 4.98 Å². The third-order valence-corrected chi connectivity index (χ3v) is 3.84. The summed E-state index contributed by atoms with van der Waals surface area (Å²) < 4.78 is 7.28. The molecule has 0 aliphatic carbocycles. The molecule has 1 unspecified atom stereocenters. The van der Waals surface area contributed by atoms with Crippen LogP contribution in [0.5, 0.6) is 0 Å². The first-order chi connectivity index (χ1) is 11.6. The van der Waals surface area contributed by atoms with E-state index in [9.17, 15) is 5.11 Å². The fourth-order valence-electron chi connectivity index (χ4n) is 2.82. The Morgan fingerprint density at radius 2 is 2.25 bits per heavy atom. The molecular formula is C17H23N5O2. The average molecular weight is 329 g/mol. The predicted octanol–water partition coefficient (Wildman–Crippen LogP) is 1.88. The standard InChI is InChI=1S/C17H23N5O2/c1-13-8-14(2)22(20-13)10-15(23)9-21(11-16-4-3-7-24-16)12-17-18-5-6-19-17/h3-8,15,23H,9-12H2,1-2H3,(H,18,19). The number of imidazole rings is 1. The van der Waals surface area contributed by atoms with Crippen LogP contribution >= 0.6 is 0 Å². The molecule has 0 bridgehead atoms. The molecule has 3 rings (SSSR count). The maximum atomic E-state index is 10.5. The molecule has 0 saturated carbocycles. The molecule has 0 spiro atoms. The highest BCUT2D eigenvalue weighted by molar-refractivity contribution is 5.06. The van der Waals surface area contributed by atoms with Gasteiger partial charge in [0.1, 0.15) is 11.6 Å². The second kappa shape index (κ2) is 7.46. The number of hydrogen-bond donors (Lipinski definition) is 2. The zero-order valence-electron chi connectivity index (χ0n) is 14.0. The molecule has 2 N–H and O–H groups in total. The van der Waals surface area contributed by atoms with Crippen molar-refractivity contribution in [1.29, 1.82) is 0 Å². The van der Waals surface area contributed by atoms with Crippen LogP contribution in [0.15, 0.2) is 41.3 Å². The van der Waals surface area contributed by atoms with Crippen LogP contribution in [0.4, 0.5) is 0 Å². The topological polar surface area (TPSA) is 83.1 Å². The lowest BCUT2D eigenvalue weighted by Gasteiger charge is -2.23. The van der Waals surface area contributed by atoms with E-state index in [0.717, 1.165) is 23.0 Å². The minimum Gasteiger partial charge on any atom is -0.468 e. The summed E-state index contributed by atoms with van der Waals surface area (Å²) in [6, 6.07) is 5.81. The van der Waals surface area contributed by atoms with E-state index in [2.05, 4.69) is 20.0 Å². The van der Waals surface area contributed by atoms with Crippen LogP contribution in [0.25, 0.3) is 0 Å². The van der Waals surface area contributed by atoms with Crippen LogP contribution in [0.1, 0.15) is 23.0 Å². The Balaban J connectivity index is 1.64. The first-order valence-corrected chi connectivity index (χ1v) is 8.02. The molecule has 0 radical (unpaired) electrons. The molecule has 7 nitrogen and oxygen atoms in total. The highest BCUT2D eigenvalue weighted by atomic mass is 16.3. The number of aromatic nitrogens is 4. The molecule has 3 aromatic heterocycles. The molecule has 3 aromatic rings. The normalized spacial score (nSPS) is 12.8. The average Bonchev–Trinajstić information content (AvgIpc) is 3.24. The van der Waals surface area contributed by atoms with Gasteiger partial charge in [-0.1, -0.05) is 0 Å². The van der Waals surface area contributed by atoms with Gasteiger partial charge in [-0.15, -0.1) is 0 Å². The van der Waals surface area contributed by atoms with Gasteiger partial charge in [0, 0.05) is 24.6 Å². The Labute approximate surface area is 140 Å². The summed E-state index contributed by atoms with van der Waals surface area (Å²) in [5.74, 6) is 1.72. The lowest BCUT2D eigenvalue weighted by Crippen LogP contribution is -2.34. The zero-order valence-corrected chi connectivity index (χ0v) is 14.0. The van der Waals surface area contributed by atoms with E-state index in [1.807, 2.05) is 36.7 Å². The number of nitrogens with zero attached hydrogens (tertiary/aromatic N) is 4. The number of H-pyrrole nitrogens is 1. The second-order valence-corrected chi connectivity index (χ2v) is 6.05. The number of aliphatic hydroxyl groups excluding tert-OH is 1. The molecule has 1 atom stereocenters. The monoisotopic (exact) mass is 329 g/mol. The maximum absolute atomic E-state index is 10.5. The number of nitrogens with one attached hydrogen (secondary N) is 1. The molecule has 0 amide bonds. The SMILES string of the molecule is Cc1cc(C)n(CC(O)CN(Cc2ncc[nH]2)Cc2ccco2)n1. The van der Waals surface area contributed by atoms with Gasteiger partial charge in [0.2, 0.25) is 0 Å². The number of rotatable bonds is 8. The van der Waals surface area contributed by atoms with E-state index in [1.165, 1.54) is 0 Å². The lowest BCUT2D eigenvalue weighted by molar-refractivity contribution is 0.0827. The smallest absolute Gasteiger partial charge is 0.120 e. The predicted molar refractivity (Wildman–Crippen MR) is 89.1 cm³/mol. The molecule has 7 heteroatoms. The third kappa shape index (κ3) is 4.33. The minimum atomic E-state index is -0.534. The summed E-state index contributed by atoms with van der Waals surface area (Å²) in [7, 11) is 0. The van der Waals surface area contributed by atoms with Crippen LogP contribution in [-0.4, -0.2) is 42.4 Å². The molecule has 0 aliphatic rings. The van der Waals surface area contributed by atoms with Crippen LogP contribution in [0.3, 0.4) is 0 Å². The fraction of sp³-hybridized carbons (Fsp3) is 0.412. The number of furan rings is 1. The van der Waals surface area contributed by atoms with E-state index in [-0.39, 0.29) is 0 Å². The van der Waals surface area contributed by atoms with Gasteiger partial charge in [-0.2, -0.15) is 5.10 Å². The highest BCUT2D eigenvalue weighted by Crippen LogP contribution is 2.10. The summed E-state index contributed by atoms with van der Waals surface area (Å²) >= 11 is 0. The molecule has 128 valence electrons. The van der Waals surface area contributed by atoms with Gasteiger partial charge >= 0.3 is 0 Å². The van der Waals surface area contributed by atoms with Crippen molar-refractivity contribution in [2.75, 3.05) is 6.54 Å². The van der Waals surface area contributed by atoms with Crippen molar-refractivity contribution in [2.45, 2.75) is 39.6 Å². The molecule has 0 fully saturated rings. The number of hydrogen-bond acceptors (Lipinski definition) is 5. The summed E-state index contributed by atoms with van der Waals surface area (Å²) in [4.78, 5) is 9.47. The first kappa shape index (κ1) is 16.5. The molecule has 24 heavy (non-hydrogen) atoms. The van der Waals surface area contributed by atoms with Crippen molar-refractivity contribution in [3.05, 3.63) is 59.8 Å². The minimum absolute atomic E-state index is 0.465. The Morgan fingerprint density at radius 3 is 2.88 bits per heavy atom. The van der Waals surface area contributed by atoms with Crippen LogP contribution in [-0.2, 0) is 19.6 Å². The summed E-state index contributed by atoms with van der Waals surface area (Å²) in [5.41, 5.74) is 2.01. The van der Waals surface area contributed by atoms with E-state index >= 15 is 0 Å². The Morgan fingerprint density at radius 1 is 1.38 bits per heavy atom. The third-order valence-electron chi connectivity index (χ3n) is 3.84. The first-order valence-electron chi connectivity index (χ1n) is 8.02. The van der Waals surface area contributed by atoms with Crippen LogP contribution in [0, 0.1) is 13.8 Å². The summed E-state index contributed by atoms with van der Waals surface area (Å²) in [5, 5.41) is 14.9. The molecule has 0 aliphatic heterocycles. The Bertz CT molecular complexity index is 697. The lowest BCUT2D eigenvalue weighted by atomic mass is 10.3. The number of aromatic amines is 1. The maximum Gasteiger partial charge on any atom is 0.120 e. The van der Waals surface area contributed by atoms with Gasteiger partial charge in [-0.3, -0.25) is 9.58 Å². The van der Waals surface area contributed by atoms with Crippen molar-refractivity contribution in [2.24, 2.45) is 0 Å². The van der Waals surface area contributed by atoms with Gasteiger partial charge in [0.25, 0.3) is 0 Å². The van der Waals surface area contributed by atoms with Crippen molar-refractivity contribution >= 4 is 0 Å². The molecule has 3 heterocycles. The Hall–Kier alpha value is -2.38. The van der Waals surface area contributed by atoms with E-state index in [0.29, 0.717) is 26.2 Å². The Kier molecular flexibility index (Phi) is 5.12.